The van der Waals surface area contributed by atoms with Gasteiger partial charge in [0.25, 0.3) is 0 Å². The molecule has 2 nitrogen and oxygen atoms in total. The lowest BCUT2D eigenvalue weighted by atomic mass is 9.84. The van der Waals surface area contributed by atoms with Gasteiger partial charge in [0.15, 0.2) is 0 Å². The topological polar surface area (TPSA) is 52.0 Å². The van der Waals surface area contributed by atoms with E-state index in [1.54, 1.807) is 0 Å². The van der Waals surface area contributed by atoms with Crippen LogP contribution < -0.4 is 11.5 Å². The van der Waals surface area contributed by atoms with Crippen molar-refractivity contribution in [3.8, 4) is 0 Å². The quantitative estimate of drug-likeness (QED) is 0.0428. The summed E-state index contributed by atoms with van der Waals surface area (Å²) < 4.78 is 0. The molecule has 2 atom stereocenters. The van der Waals surface area contributed by atoms with Gasteiger partial charge in [0, 0.05) is 23.2 Å². The summed E-state index contributed by atoms with van der Waals surface area (Å²) in [5.41, 5.74) is 25.4. The maximum Gasteiger partial charge on any atom is 0.0316 e. The summed E-state index contributed by atoms with van der Waals surface area (Å²) in [6, 6.07) is 32.3. The molecule has 56 heavy (non-hydrogen) atoms. The molecule has 0 aliphatic heterocycles. The van der Waals surface area contributed by atoms with Gasteiger partial charge in [-0.05, 0) is 121 Å². The molecule has 0 bridgehead atoms. The first-order valence-electron chi connectivity index (χ1n) is 23.3. The van der Waals surface area contributed by atoms with Gasteiger partial charge in [-0.2, -0.15) is 0 Å². The van der Waals surface area contributed by atoms with Crippen molar-refractivity contribution in [2.45, 2.75) is 194 Å². The smallest absolute Gasteiger partial charge is 0.0316 e. The summed E-state index contributed by atoms with van der Waals surface area (Å²) in [6.07, 6.45) is 31.7. The Morgan fingerprint density at radius 3 is 1.04 bits per heavy atom. The van der Waals surface area contributed by atoms with Crippen molar-refractivity contribution in [3.05, 3.63) is 129 Å². The van der Waals surface area contributed by atoms with Crippen LogP contribution in [0.2, 0.25) is 0 Å². The van der Waals surface area contributed by atoms with Crippen molar-refractivity contribution in [1.82, 2.24) is 0 Å². The maximum atomic E-state index is 6.15. The zero-order valence-electron chi connectivity index (χ0n) is 36.4. The molecule has 4 aromatic carbocycles. The first-order chi connectivity index (χ1) is 27.4. The Morgan fingerprint density at radius 1 is 0.375 bits per heavy atom. The molecule has 0 aliphatic rings. The van der Waals surface area contributed by atoms with Gasteiger partial charge in [0.2, 0.25) is 0 Å². The fraction of sp³-hybridized carbons (Fsp3) is 0.556. The highest BCUT2D eigenvalue weighted by atomic mass is 14.5. The molecule has 0 saturated heterocycles. The van der Waals surface area contributed by atoms with E-state index in [0.29, 0.717) is 11.8 Å². The summed E-state index contributed by atoms with van der Waals surface area (Å²) in [4.78, 5) is 0. The Balaban J connectivity index is 1.21. The number of nitrogens with two attached hydrogens (primary N) is 2. The fourth-order valence-electron chi connectivity index (χ4n) is 8.99. The van der Waals surface area contributed by atoms with E-state index in [1.165, 1.54) is 199 Å². The third kappa shape index (κ3) is 16.1. The first-order valence-corrected chi connectivity index (χ1v) is 23.3. The van der Waals surface area contributed by atoms with Gasteiger partial charge in [-0.15, -0.1) is 0 Å². The van der Waals surface area contributed by atoms with E-state index in [2.05, 4.69) is 113 Å². The second-order valence-corrected chi connectivity index (χ2v) is 17.3. The minimum atomic E-state index is 0.446. The van der Waals surface area contributed by atoms with Crippen LogP contribution in [0.15, 0.2) is 84.9 Å². The van der Waals surface area contributed by atoms with Crippen molar-refractivity contribution < 1.29 is 0 Å². The molecule has 0 radical (unpaired) electrons. The Labute approximate surface area is 344 Å². The summed E-state index contributed by atoms with van der Waals surface area (Å²) >= 11 is 0. The van der Waals surface area contributed by atoms with E-state index in [-0.39, 0.29) is 0 Å². The number of rotatable bonds is 29. The zero-order chi connectivity index (χ0) is 39.8. The molecule has 0 amide bonds. The summed E-state index contributed by atoms with van der Waals surface area (Å²) in [7, 11) is 0. The third-order valence-electron chi connectivity index (χ3n) is 12.5. The van der Waals surface area contributed by atoms with Gasteiger partial charge in [-0.3, -0.25) is 0 Å². The van der Waals surface area contributed by atoms with Crippen LogP contribution in [0.5, 0.6) is 0 Å². The van der Waals surface area contributed by atoms with Gasteiger partial charge in [0.05, 0.1) is 0 Å². The second kappa shape index (κ2) is 26.4. The predicted octanol–water partition coefficient (Wildman–Crippen LogP) is 16.1. The highest BCUT2D eigenvalue weighted by Crippen LogP contribution is 2.35. The lowest BCUT2D eigenvalue weighted by Crippen LogP contribution is -2.05. The Kier molecular flexibility index (Phi) is 21.3. The molecule has 4 N–H and O–H groups in total. The third-order valence-corrected chi connectivity index (χ3v) is 12.5. The minimum Gasteiger partial charge on any atom is -0.399 e. The molecule has 2 heteroatoms. The van der Waals surface area contributed by atoms with Crippen molar-refractivity contribution in [1.29, 1.82) is 0 Å². The monoisotopic (exact) mass is 757 g/mol. The van der Waals surface area contributed by atoms with Gasteiger partial charge in [-0.25, -0.2) is 0 Å². The van der Waals surface area contributed by atoms with Crippen molar-refractivity contribution >= 4 is 11.4 Å². The molecule has 306 valence electrons. The Morgan fingerprint density at radius 2 is 0.696 bits per heavy atom. The van der Waals surface area contributed by atoms with Crippen LogP contribution in [-0.2, 0) is 12.8 Å². The highest BCUT2D eigenvalue weighted by molar-refractivity contribution is 5.49. The van der Waals surface area contributed by atoms with Crippen molar-refractivity contribution in [3.63, 3.8) is 0 Å². The van der Waals surface area contributed by atoms with Crippen LogP contribution >= 0.6 is 0 Å². The van der Waals surface area contributed by atoms with Gasteiger partial charge in [-0.1, -0.05) is 190 Å². The van der Waals surface area contributed by atoms with Crippen molar-refractivity contribution in [2.75, 3.05) is 11.5 Å². The Bertz CT molecular complexity index is 1490. The SMILES string of the molecule is CCCCCCCCCCC(c1ccc(CCCCCCc2ccc(C(CCCCCCCCCC)c3ccc(N)cc3C)cc2)cc1)c1ccc(N)cc1C. The van der Waals surface area contributed by atoms with E-state index < -0.39 is 0 Å². The predicted molar refractivity (Wildman–Crippen MR) is 248 cm³/mol. The number of anilines is 2. The minimum absolute atomic E-state index is 0.446. The average molecular weight is 757 g/mol. The average Bonchev–Trinajstić information content (AvgIpc) is 3.19. The number of benzene rings is 4. The van der Waals surface area contributed by atoms with Crippen molar-refractivity contribution in [2.24, 2.45) is 0 Å². The van der Waals surface area contributed by atoms with Gasteiger partial charge < -0.3 is 11.5 Å². The standard InChI is InChI=1S/C54H80N2/c1-5-7-9-11-13-15-17-23-27-53(51-39-37-49(55)41-43(51)3)47-33-29-45(30-34-47)25-21-19-20-22-26-46-31-35-48(36-32-46)54(52-40-38-50(56)42-44(52)4)28-24-18-16-14-12-10-8-6-2/h29-42,53-54H,5-28,55-56H2,1-4H3. The summed E-state index contributed by atoms with van der Waals surface area (Å²) in [5, 5.41) is 0. The largest absolute Gasteiger partial charge is 0.399 e. The number of hydrogen-bond donors (Lipinski definition) is 2. The molecule has 0 aromatic heterocycles. The lowest BCUT2D eigenvalue weighted by Gasteiger charge is -2.21. The molecule has 0 spiro atoms. The van der Waals surface area contributed by atoms with Crippen LogP contribution in [-0.4, -0.2) is 0 Å². The van der Waals surface area contributed by atoms with Crippen LogP contribution in [0.4, 0.5) is 11.4 Å². The summed E-state index contributed by atoms with van der Waals surface area (Å²) in [6.45, 7) is 9.06. The van der Waals surface area contributed by atoms with E-state index in [0.717, 1.165) is 11.4 Å². The molecule has 4 rings (SSSR count). The van der Waals surface area contributed by atoms with Crippen LogP contribution in [0.1, 0.15) is 211 Å². The van der Waals surface area contributed by atoms with E-state index in [1.807, 2.05) is 0 Å². The second-order valence-electron chi connectivity index (χ2n) is 17.3. The number of nitrogen functional groups attached to an aromatic ring is 2. The zero-order valence-corrected chi connectivity index (χ0v) is 36.4. The number of unbranched alkanes of at least 4 members (excludes halogenated alkanes) is 17. The molecule has 2 unspecified atom stereocenters. The maximum absolute atomic E-state index is 6.15. The molecule has 0 fully saturated rings. The van der Waals surface area contributed by atoms with E-state index in [9.17, 15) is 0 Å². The highest BCUT2D eigenvalue weighted by Gasteiger charge is 2.18. The number of hydrogen-bond acceptors (Lipinski definition) is 2. The normalized spacial score (nSPS) is 12.6. The summed E-state index contributed by atoms with van der Waals surface area (Å²) in [5.74, 6) is 0.892. The first kappa shape index (κ1) is 45.2. The number of aryl methyl sites for hydroxylation is 4. The Hall–Kier alpha value is -3.52. The van der Waals surface area contributed by atoms with Crippen LogP contribution in [0.3, 0.4) is 0 Å². The molecule has 4 aromatic rings. The molecule has 0 heterocycles. The van der Waals surface area contributed by atoms with Crippen LogP contribution in [0.25, 0.3) is 0 Å². The fourth-order valence-corrected chi connectivity index (χ4v) is 8.99. The van der Waals surface area contributed by atoms with Gasteiger partial charge >= 0.3 is 0 Å². The lowest BCUT2D eigenvalue weighted by molar-refractivity contribution is 0.551. The van der Waals surface area contributed by atoms with Crippen LogP contribution in [0, 0.1) is 13.8 Å². The molecular weight excluding hydrogens is 677 g/mol. The van der Waals surface area contributed by atoms with Gasteiger partial charge in [0.1, 0.15) is 0 Å². The molecule has 0 aliphatic carbocycles. The van der Waals surface area contributed by atoms with E-state index in [4.69, 9.17) is 11.5 Å². The molecular formula is C54H80N2. The van der Waals surface area contributed by atoms with E-state index >= 15 is 0 Å². The molecule has 0 saturated carbocycles.